The zero-order valence-corrected chi connectivity index (χ0v) is 15.7. The highest BCUT2D eigenvalue weighted by Gasteiger charge is 2.19. The van der Waals surface area contributed by atoms with E-state index in [4.69, 9.17) is 9.47 Å². The van der Waals surface area contributed by atoms with E-state index in [-0.39, 0.29) is 5.69 Å². The van der Waals surface area contributed by atoms with Crippen LogP contribution in [0.1, 0.15) is 16.7 Å². The highest BCUT2D eigenvalue weighted by atomic mass is 16.6. The number of methoxy groups -OCH3 is 2. The molecule has 0 fully saturated rings. The summed E-state index contributed by atoms with van der Waals surface area (Å²) >= 11 is 0. The van der Waals surface area contributed by atoms with Gasteiger partial charge in [-0.05, 0) is 43.1 Å². The number of fused-ring (bicyclic) bond motifs is 1. The third kappa shape index (κ3) is 4.03. The SMILES string of the molecule is COc1cc(CNCCc2c[nH]c3cc(C)ccc23)c([N+](=O)[O-])cc1OC. The third-order valence-corrected chi connectivity index (χ3v) is 4.59. The predicted octanol–water partition coefficient (Wildman–Crippen LogP) is 3.73. The van der Waals surface area contributed by atoms with Gasteiger partial charge in [-0.3, -0.25) is 10.1 Å². The van der Waals surface area contributed by atoms with Gasteiger partial charge in [-0.1, -0.05) is 12.1 Å². The second kappa shape index (κ2) is 8.09. The van der Waals surface area contributed by atoms with Crippen LogP contribution in [0, 0.1) is 17.0 Å². The smallest absolute Gasteiger partial charge is 0.277 e. The minimum atomic E-state index is -0.402. The van der Waals surface area contributed by atoms with Gasteiger partial charge in [0.25, 0.3) is 5.69 Å². The Hall–Kier alpha value is -3.06. The normalized spacial score (nSPS) is 10.9. The Labute approximate surface area is 157 Å². The van der Waals surface area contributed by atoms with Gasteiger partial charge in [-0.2, -0.15) is 0 Å². The lowest BCUT2D eigenvalue weighted by atomic mass is 10.1. The van der Waals surface area contributed by atoms with E-state index in [1.54, 1.807) is 6.07 Å². The van der Waals surface area contributed by atoms with Crippen molar-refractivity contribution in [1.29, 1.82) is 0 Å². The minimum absolute atomic E-state index is 0.0164. The van der Waals surface area contributed by atoms with Gasteiger partial charge < -0.3 is 19.8 Å². The standard InChI is InChI=1S/C20H23N3O4/c1-13-4-5-16-14(12-22-17(16)8-13)6-7-21-11-15-9-19(26-2)20(27-3)10-18(15)23(24)25/h4-5,8-10,12,21-22H,6-7,11H2,1-3H3. The molecule has 2 aromatic carbocycles. The maximum absolute atomic E-state index is 11.4. The maximum Gasteiger partial charge on any atom is 0.277 e. The second-order valence-corrected chi connectivity index (χ2v) is 6.38. The van der Waals surface area contributed by atoms with Crippen molar-refractivity contribution in [1.82, 2.24) is 10.3 Å². The molecule has 3 aromatic rings. The largest absolute Gasteiger partial charge is 0.493 e. The number of hydrogen-bond donors (Lipinski definition) is 2. The summed E-state index contributed by atoms with van der Waals surface area (Å²) in [5.74, 6) is 0.828. The molecule has 0 aliphatic rings. The van der Waals surface area contributed by atoms with Crippen LogP contribution in [-0.4, -0.2) is 30.7 Å². The van der Waals surface area contributed by atoms with Gasteiger partial charge in [0, 0.05) is 29.2 Å². The van der Waals surface area contributed by atoms with E-state index in [1.165, 1.54) is 36.8 Å². The number of aromatic amines is 1. The molecule has 0 amide bonds. The molecule has 0 aliphatic carbocycles. The Bertz CT molecular complexity index is 965. The lowest BCUT2D eigenvalue weighted by Crippen LogP contribution is -2.17. The summed E-state index contributed by atoms with van der Waals surface area (Å²) in [6, 6.07) is 9.39. The number of nitrogens with zero attached hydrogens (tertiary/aromatic N) is 1. The first kappa shape index (κ1) is 18.7. The van der Waals surface area contributed by atoms with E-state index in [9.17, 15) is 10.1 Å². The summed E-state index contributed by atoms with van der Waals surface area (Å²) in [5.41, 5.74) is 4.14. The van der Waals surface area contributed by atoms with Crippen molar-refractivity contribution in [3.05, 3.63) is 63.3 Å². The number of rotatable bonds is 8. The van der Waals surface area contributed by atoms with Gasteiger partial charge in [-0.15, -0.1) is 0 Å². The lowest BCUT2D eigenvalue weighted by molar-refractivity contribution is -0.385. The number of nitro groups is 1. The summed E-state index contributed by atoms with van der Waals surface area (Å²) in [6.45, 7) is 3.14. The van der Waals surface area contributed by atoms with Crippen LogP contribution in [0.25, 0.3) is 10.9 Å². The quantitative estimate of drug-likeness (QED) is 0.359. The summed E-state index contributed by atoms with van der Waals surface area (Å²) in [6.07, 6.45) is 2.84. The average Bonchev–Trinajstić information content (AvgIpc) is 3.06. The fourth-order valence-electron chi connectivity index (χ4n) is 3.17. The van der Waals surface area contributed by atoms with Crippen molar-refractivity contribution < 1.29 is 14.4 Å². The van der Waals surface area contributed by atoms with E-state index in [2.05, 4.69) is 35.4 Å². The highest BCUT2D eigenvalue weighted by molar-refractivity contribution is 5.83. The molecule has 2 N–H and O–H groups in total. The van der Waals surface area contributed by atoms with E-state index >= 15 is 0 Å². The Kier molecular flexibility index (Phi) is 5.61. The van der Waals surface area contributed by atoms with Gasteiger partial charge in [-0.25, -0.2) is 0 Å². The van der Waals surface area contributed by atoms with Crippen molar-refractivity contribution >= 4 is 16.6 Å². The van der Waals surface area contributed by atoms with E-state index in [0.717, 1.165) is 11.9 Å². The van der Waals surface area contributed by atoms with Crippen molar-refractivity contribution in [3.63, 3.8) is 0 Å². The maximum atomic E-state index is 11.4. The number of nitro benzene ring substituents is 1. The summed E-state index contributed by atoms with van der Waals surface area (Å²) in [5, 5.41) is 15.9. The minimum Gasteiger partial charge on any atom is -0.493 e. The summed E-state index contributed by atoms with van der Waals surface area (Å²) in [7, 11) is 2.97. The number of nitrogens with one attached hydrogen (secondary N) is 2. The summed E-state index contributed by atoms with van der Waals surface area (Å²) < 4.78 is 10.4. The molecule has 27 heavy (non-hydrogen) atoms. The molecule has 1 aromatic heterocycles. The molecule has 0 spiro atoms. The van der Waals surface area contributed by atoms with Crippen LogP contribution in [0.15, 0.2) is 36.5 Å². The first-order valence-electron chi connectivity index (χ1n) is 8.70. The van der Waals surface area contributed by atoms with E-state index < -0.39 is 4.92 Å². The van der Waals surface area contributed by atoms with Crippen LogP contribution in [0.5, 0.6) is 11.5 Å². The number of hydrogen-bond acceptors (Lipinski definition) is 5. The number of ether oxygens (including phenoxy) is 2. The van der Waals surface area contributed by atoms with E-state index in [0.29, 0.717) is 30.2 Å². The molecule has 0 bridgehead atoms. The molecule has 0 aliphatic heterocycles. The van der Waals surface area contributed by atoms with E-state index in [1.807, 2.05) is 6.20 Å². The van der Waals surface area contributed by atoms with Crippen LogP contribution in [0.4, 0.5) is 5.69 Å². The monoisotopic (exact) mass is 369 g/mol. The Morgan fingerprint density at radius 1 is 1.11 bits per heavy atom. The number of benzene rings is 2. The molecule has 0 saturated carbocycles. The molecular formula is C20H23N3O4. The van der Waals surface area contributed by atoms with Gasteiger partial charge in [0.1, 0.15) is 0 Å². The van der Waals surface area contributed by atoms with Gasteiger partial charge in [0.05, 0.1) is 25.2 Å². The molecule has 7 nitrogen and oxygen atoms in total. The first-order valence-corrected chi connectivity index (χ1v) is 8.70. The Morgan fingerprint density at radius 3 is 2.56 bits per heavy atom. The molecule has 0 unspecified atom stereocenters. The Balaban J connectivity index is 1.68. The second-order valence-electron chi connectivity index (χ2n) is 6.38. The van der Waals surface area contributed by atoms with Crippen LogP contribution < -0.4 is 14.8 Å². The van der Waals surface area contributed by atoms with Gasteiger partial charge in [0.2, 0.25) is 0 Å². The lowest BCUT2D eigenvalue weighted by Gasteiger charge is -2.11. The van der Waals surface area contributed by atoms with Gasteiger partial charge in [0.15, 0.2) is 11.5 Å². The van der Waals surface area contributed by atoms with Crippen LogP contribution in [0.2, 0.25) is 0 Å². The third-order valence-electron chi connectivity index (χ3n) is 4.59. The molecule has 7 heteroatoms. The molecule has 3 rings (SSSR count). The molecule has 0 atom stereocenters. The summed E-state index contributed by atoms with van der Waals surface area (Å²) in [4.78, 5) is 14.3. The fraction of sp³-hybridized carbons (Fsp3) is 0.300. The molecular weight excluding hydrogens is 346 g/mol. The van der Waals surface area contributed by atoms with Crippen molar-refractivity contribution in [3.8, 4) is 11.5 Å². The van der Waals surface area contributed by atoms with Crippen LogP contribution >= 0.6 is 0 Å². The zero-order chi connectivity index (χ0) is 19.4. The Morgan fingerprint density at radius 2 is 1.85 bits per heavy atom. The number of H-pyrrole nitrogens is 1. The molecule has 0 saturated heterocycles. The fourth-order valence-corrected chi connectivity index (χ4v) is 3.17. The average molecular weight is 369 g/mol. The highest BCUT2D eigenvalue weighted by Crippen LogP contribution is 2.34. The number of aryl methyl sites for hydroxylation is 1. The van der Waals surface area contributed by atoms with Crippen molar-refractivity contribution in [2.24, 2.45) is 0 Å². The van der Waals surface area contributed by atoms with Crippen molar-refractivity contribution in [2.45, 2.75) is 19.9 Å². The molecule has 0 radical (unpaired) electrons. The van der Waals surface area contributed by atoms with Crippen molar-refractivity contribution in [2.75, 3.05) is 20.8 Å². The topological polar surface area (TPSA) is 89.4 Å². The number of aromatic nitrogens is 1. The van der Waals surface area contributed by atoms with Crippen LogP contribution in [-0.2, 0) is 13.0 Å². The first-order chi connectivity index (χ1) is 13.0. The van der Waals surface area contributed by atoms with Crippen LogP contribution in [0.3, 0.4) is 0 Å². The zero-order valence-electron chi connectivity index (χ0n) is 15.7. The van der Waals surface area contributed by atoms with Gasteiger partial charge >= 0.3 is 0 Å². The molecule has 142 valence electrons. The molecule has 1 heterocycles. The predicted molar refractivity (Wildman–Crippen MR) is 105 cm³/mol.